The topological polar surface area (TPSA) is 41.1 Å². The predicted octanol–water partition coefficient (Wildman–Crippen LogP) is 0.233. The molecular weight excluding hydrogens is 188 g/mol. The summed E-state index contributed by atoms with van der Waals surface area (Å²) in [5.74, 6) is 0. The smallest absolute Gasteiger partial charge is 0.0602 e. The van der Waals surface area contributed by atoms with Crippen LogP contribution in [0.25, 0.3) is 0 Å². The van der Waals surface area contributed by atoms with E-state index in [0.29, 0.717) is 0 Å². The lowest BCUT2D eigenvalue weighted by molar-refractivity contribution is 0.243. The molecule has 0 aliphatic carbocycles. The third-order valence-corrected chi connectivity index (χ3v) is 2.70. The van der Waals surface area contributed by atoms with Crippen LogP contribution in [0.1, 0.15) is 11.4 Å². The first kappa shape index (κ1) is 10.5. The van der Waals surface area contributed by atoms with Crippen molar-refractivity contribution in [3.05, 3.63) is 23.8 Å². The highest BCUT2D eigenvalue weighted by Crippen LogP contribution is 1.99. The molecule has 0 amide bonds. The Kier molecular flexibility index (Phi) is 3.64. The van der Waals surface area contributed by atoms with Gasteiger partial charge in [-0.25, -0.2) is 0 Å². The molecule has 2 rings (SSSR count). The molecule has 1 aromatic rings. The van der Waals surface area contributed by atoms with Gasteiger partial charge in [0.2, 0.25) is 0 Å². The van der Waals surface area contributed by atoms with E-state index >= 15 is 0 Å². The van der Waals surface area contributed by atoms with Gasteiger partial charge in [-0.15, -0.1) is 0 Å². The van der Waals surface area contributed by atoms with Gasteiger partial charge in [-0.05, 0) is 6.92 Å². The van der Waals surface area contributed by atoms with Crippen LogP contribution in [0.15, 0.2) is 12.4 Å². The molecule has 0 radical (unpaired) electrons. The zero-order chi connectivity index (χ0) is 10.5. The van der Waals surface area contributed by atoms with Crippen molar-refractivity contribution in [3.63, 3.8) is 0 Å². The van der Waals surface area contributed by atoms with Crippen LogP contribution in [-0.4, -0.2) is 47.6 Å². The summed E-state index contributed by atoms with van der Waals surface area (Å²) in [5, 5.41) is 3.35. The van der Waals surface area contributed by atoms with E-state index < -0.39 is 0 Å². The molecule has 0 bridgehead atoms. The molecule has 82 valence electrons. The van der Waals surface area contributed by atoms with Crippen LogP contribution in [0.3, 0.4) is 0 Å². The van der Waals surface area contributed by atoms with Crippen LogP contribution >= 0.6 is 0 Å². The fraction of sp³-hybridized carbons (Fsp3) is 0.636. The maximum absolute atomic E-state index is 4.45. The highest BCUT2D eigenvalue weighted by Gasteiger charge is 2.09. The standard InChI is InChI=1S/C11H18N4/c1-10-8-13-9-11(14-10)2-5-15-6-3-12-4-7-15/h8-9,12H,2-7H2,1H3. The van der Waals surface area contributed by atoms with Crippen molar-refractivity contribution in [3.8, 4) is 0 Å². The van der Waals surface area contributed by atoms with Gasteiger partial charge in [0, 0.05) is 51.5 Å². The minimum atomic E-state index is 1.01. The van der Waals surface area contributed by atoms with Crippen molar-refractivity contribution in [2.45, 2.75) is 13.3 Å². The average molecular weight is 206 g/mol. The van der Waals surface area contributed by atoms with E-state index in [4.69, 9.17) is 0 Å². The van der Waals surface area contributed by atoms with E-state index in [2.05, 4.69) is 20.2 Å². The van der Waals surface area contributed by atoms with E-state index in [1.807, 2.05) is 13.1 Å². The number of hydrogen-bond donors (Lipinski definition) is 1. The van der Waals surface area contributed by atoms with Crippen LogP contribution in [-0.2, 0) is 6.42 Å². The summed E-state index contributed by atoms with van der Waals surface area (Å²) in [4.78, 5) is 11.1. The van der Waals surface area contributed by atoms with Crippen LogP contribution in [0, 0.1) is 6.92 Å². The van der Waals surface area contributed by atoms with Gasteiger partial charge in [0.15, 0.2) is 0 Å². The lowest BCUT2D eigenvalue weighted by Gasteiger charge is -2.26. The minimum Gasteiger partial charge on any atom is -0.314 e. The molecule has 1 aromatic heterocycles. The summed E-state index contributed by atoms with van der Waals surface area (Å²) in [5.41, 5.74) is 2.11. The zero-order valence-corrected chi connectivity index (χ0v) is 9.24. The molecule has 15 heavy (non-hydrogen) atoms. The second kappa shape index (κ2) is 5.19. The fourth-order valence-electron chi connectivity index (χ4n) is 1.84. The molecule has 1 aliphatic rings. The zero-order valence-electron chi connectivity index (χ0n) is 9.24. The van der Waals surface area contributed by atoms with E-state index in [9.17, 15) is 0 Å². The van der Waals surface area contributed by atoms with Gasteiger partial charge in [0.1, 0.15) is 0 Å². The number of hydrogen-bond acceptors (Lipinski definition) is 4. The van der Waals surface area contributed by atoms with Crippen LogP contribution in [0.5, 0.6) is 0 Å². The van der Waals surface area contributed by atoms with E-state index in [0.717, 1.165) is 50.5 Å². The maximum Gasteiger partial charge on any atom is 0.0602 e. The molecule has 4 nitrogen and oxygen atoms in total. The molecule has 4 heteroatoms. The Labute approximate surface area is 90.7 Å². The second-order valence-corrected chi connectivity index (χ2v) is 3.99. The predicted molar refractivity (Wildman–Crippen MR) is 59.8 cm³/mol. The lowest BCUT2D eigenvalue weighted by Crippen LogP contribution is -2.44. The second-order valence-electron chi connectivity index (χ2n) is 3.99. The van der Waals surface area contributed by atoms with Crippen molar-refractivity contribution in [1.82, 2.24) is 20.2 Å². The van der Waals surface area contributed by atoms with Crippen molar-refractivity contribution in [2.75, 3.05) is 32.7 Å². The average Bonchev–Trinajstić information content (AvgIpc) is 2.28. The first-order chi connectivity index (χ1) is 7.34. The maximum atomic E-state index is 4.45. The summed E-state index contributed by atoms with van der Waals surface area (Å²) in [6.07, 6.45) is 4.68. The molecule has 1 N–H and O–H groups in total. The van der Waals surface area contributed by atoms with Gasteiger partial charge in [0.25, 0.3) is 0 Å². The Balaban J connectivity index is 1.81. The molecule has 1 saturated heterocycles. The summed E-state index contributed by atoms with van der Waals surface area (Å²) in [7, 11) is 0. The highest BCUT2D eigenvalue weighted by atomic mass is 15.2. The summed E-state index contributed by atoms with van der Waals surface area (Å²) < 4.78 is 0. The molecule has 0 unspecified atom stereocenters. The molecule has 2 heterocycles. The molecule has 0 atom stereocenters. The first-order valence-electron chi connectivity index (χ1n) is 5.55. The third kappa shape index (κ3) is 3.25. The van der Waals surface area contributed by atoms with Gasteiger partial charge in [-0.2, -0.15) is 0 Å². The molecule has 0 aromatic carbocycles. The third-order valence-electron chi connectivity index (χ3n) is 2.70. The Bertz CT molecular complexity index is 307. The van der Waals surface area contributed by atoms with Crippen molar-refractivity contribution in [1.29, 1.82) is 0 Å². The number of piperazine rings is 1. The Morgan fingerprint density at radius 2 is 2.13 bits per heavy atom. The number of nitrogens with zero attached hydrogens (tertiary/aromatic N) is 3. The number of rotatable bonds is 3. The van der Waals surface area contributed by atoms with Gasteiger partial charge in [-0.1, -0.05) is 0 Å². The molecular formula is C11H18N4. The first-order valence-corrected chi connectivity index (χ1v) is 5.55. The normalized spacial score (nSPS) is 17.9. The SMILES string of the molecule is Cc1cncc(CCN2CCNCC2)n1. The number of nitrogens with one attached hydrogen (secondary N) is 1. The Morgan fingerprint density at radius 3 is 2.87 bits per heavy atom. The molecule has 0 spiro atoms. The van der Waals surface area contributed by atoms with Gasteiger partial charge in [0.05, 0.1) is 11.4 Å². The van der Waals surface area contributed by atoms with E-state index in [1.54, 1.807) is 6.20 Å². The Morgan fingerprint density at radius 1 is 1.33 bits per heavy atom. The van der Waals surface area contributed by atoms with Crippen molar-refractivity contribution < 1.29 is 0 Å². The molecule has 1 aliphatic heterocycles. The van der Waals surface area contributed by atoms with Gasteiger partial charge >= 0.3 is 0 Å². The van der Waals surface area contributed by atoms with Crippen LogP contribution < -0.4 is 5.32 Å². The quantitative estimate of drug-likeness (QED) is 0.769. The largest absolute Gasteiger partial charge is 0.314 e. The lowest BCUT2D eigenvalue weighted by atomic mass is 10.2. The summed E-state index contributed by atoms with van der Waals surface area (Å²) in [6.45, 7) is 7.61. The van der Waals surface area contributed by atoms with E-state index in [-0.39, 0.29) is 0 Å². The minimum absolute atomic E-state index is 1.01. The summed E-state index contributed by atoms with van der Waals surface area (Å²) >= 11 is 0. The molecule has 1 fully saturated rings. The summed E-state index contributed by atoms with van der Waals surface area (Å²) in [6, 6.07) is 0. The van der Waals surface area contributed by atoms with Crippen LogP contribution in [0.2, 0.25) is 0 Å². The van der Waals surface area contributed by atoms with Gasteiger partial charge in [-0.3, -0.25) is 9.97 Å². The number of aromatic nitrogens is 2. The van der Waals surface area contributed by atoms with E-state index in [1.165, 1.54) is 0 Å². The Hall–Kier alpha value is -1.00. The highest BCUT2D eigenvalue weighted by molar-refractivity contribution is 5.01. The monoisotopic (exact) mass is 206 g/mol. The van der Waals surface area contributed by atoms with Crippen molar-refractivity contribution >= 4 is 0 Å². The number of aryl methyl sites for hydroxylation is 1. The fourth-order valence-corrected chi connectivity index (χ4v) is 1.84. The molecule has 0 saturated carbocycles. The van der Waals surface area contributed by atoms with Crippen LogP contribution in [0.4, 0.5) is 0 Å². The van der Waals surface area contributed by atoms with Crippen molar-refractivity contribution in [2.24, 2.45) is 0 Å². The van der Waals surface area contributed by atoms with Gasteiger partial charge < -0.3 is 10.2 Å².